The fourth-order valence-electron chi connectivity index (χ4n) is 2.27. The van der Waals surface area contributed by atoms with Crippen molar-refractivity contribution >= 4 is 51.7 Å². The van der Waals surface area contributed by atoms with E-state index in [1.54, 1.807) is 25.6 Å². The van der Waals surface area contributed by atoms with Crippen LogP contribution in [0.1, 0.15) is 35.0 Å². The summed E-state index contributed by atoms with van der Waals surface area (Å²) in [6.45, 7) is 3.77. The normalized spacial score (nSPS) is 10.3. The van der Waals surface area contributed by atoms with Gasteiger partial charge in [0.2, 0.25) is 5.91 Å². The Labute approximate surface area is 171 Å². The standard InChI is InChI=1S/C19H20N2O3S3/c1-3-24-19(23)17-13(2)16(26-12-20)18(27-17)21-15(22)10-7-11-25-14-8-5-4-6-9-14/h4-6,8-9H,3,7,10-11H2,1-2H3,(H,21,22). The highest BCUT2D eigenvalue weighted by atomic mass is 32.2. The van der Waals surface area contributed by atoms with Crippen LogP contribution in [0, 0.1) is 17.6 Å². The highest BCUT2D eigenvalue weighted by Crippen LogP contribution is 2.40. The number of esters is 1. The monoisotopic (exact) mass is 420 g/mol. The first-order chi connectivity index (χ1) is 13.1. The Morgan fingerprint density at radius 2 is 2.04 bits per heavy atom. The van der Waals surface area contributed by atoms with Crippen LogP contribution in [-0.4, -0.2) is 24.2 Å². The van der Waals surface area contributed by atoms with Gasteiger partial charge in [-0.2, -0.15) is 5.26 Å². The van der Waals surface area contributed by atoms with Gasteiger partial charge < -0.3 is 10.1 Å². The van der Waals surface area contributed by atoms with E-state index in [4.69, 9.17) is 10.00 Å². The number of nitrogens with one attached hydrogen (secondary N) is 1. The number of amides is 1. The van der Waals surface area contributed by atoms with Gasteiger partial charge in [0.15, 0.2) is 0 Å². The third kappa shape index (κ3) is 6.31. The number of carbonyl (C=O) groups excluding carboxylic acids is 2. The topological polar surface area (TPSA) is 79.2 Å². The molecule has 1 amide bonds. The Morgan fingerprint density at radius 1 is 1.30 bits per heavy atom. The lowest BCUT2D eigenvalue weighted by molar-refractivity contribution is -0.116. The van der Waals surface area contributed by atoms with Gasteiger partial charge in [-0.15, -0.1) is 23.1 Å². The first-order valence-corrected chi connectivity index (χ1v) is 11.0. The molecule has 142 valence electrons. The summed E-state index contributed by atoms with van der Waals surface area (Å²) >= 11 is 3.81. The average molecular weight is 421 g/mol. The molecule has 0 aliphatic rings. The van der Waals surface area contributed by atoms with E-state index >= 15 is 0 Å². The van der Waals surface area contributed by atoms with Gasteiger partial charge >= 0.3 is 5.97 Å². The summed E-state index contributed by atoms with van der Waals surface area (Å²) in [5, 5.41) is 14.4. The van der Waals surface area contributed by atoms with Gasteiger partial charge in [-0.05, 0) is 55.5 Å². The van der Waals surface area contributed by atoms with Crippen LogP contribution in [0.15, 0.2) is 40.1 Å². The summed E-state index contributed by atoms with van der Waals surface area (Å²) in [5.41, 5.74) is 0.667. The number of thioether (sulfide) groups is 2. The fraction of sp³-hybridized carbons (Fsp3) is 0.316. The molecule has 0 aliphatic carbocycles. The summed E-state index contributed by atoms with van der Waals surface area (Å²) in [5.74, 6) is 0.286. The predicted molar refractivity (Wildman–Crippen MR) is 112 cm³/mol. The second kappa shape index (κ2) is 11.0. The third-order valence-electron chi connectivity index (χ3n) is 3.51. The molecule has 1 N–H and O–H groups in total. The number of thiocyanates is 1. The molecule has 2 rings (SSSR count). The minimum atomic E-state index is -0.431. The first kappa shape index (κ1) is 21.4. The Balaban J connectivity index is 1.94. The molecule has 0 saturated carbocycles. The Bertz CT molecular complexity index is 829. The number of thiophene rings is 1. The van der Waals surface area contributed by atoms with Crippen LogP contribution in [0.25, 0.3) is 0 Å². The minimum absolute atomic E-state index is 0.125. The smallest absolute Gasteiger partial charge is 0.348 e. The maximum atomic E-state index is 12.3. The Hall–Kier alpha value is -1.95. The number of anilines is 1. The van der Waals surface area contributed by atoms with Crippen molar-refractivity contribution in [3.05, 3.63) is 40.8 Å². The van der Waals surface area contributed by atoms with Gasteiger partial charge in [0.05, 0.1) is 11.5 Å². The zero-order valence-corrected chi connectivity index (χ0v) is 17.6. The summed E-state index contributed by atoms with van der Waals surface area (Å²) in [4.78, 5) is 26.5. The lowest BCUT2D eigenvalue weighted by Crippen LogP contribution is -2.11. The minimum Gasteiger partial charge on any atom is -0.462 e. The Morgan fingerprint density at radius 3 is 2.70 bits per heavy atom. The number of ether oxygens (including phenoxy) is 1. The molecule has 1 aromatic carbocycles. The van der Waals surface area contributed by atoms with E-state index < -0.39 is 5.97 Å². The summed E-state index contributed by atoms with van der Waals surface area (Å²) in [6, 6.07) is 10.0. The zero-order valence-electron chi connectivity index (χ0n) is 15.1. The molecule has 27 heavy (non-hydrogen) atoms. The van der Waals surface area contributed by atoms with Gasteiger partial charge in [0, 0.05) is 11.3 Å². The number of benzene rings is 1. The molecule has 2 aromatic rings. The van der Waals surface area contributed by atoms with E-state index in [0.29, 0.717) is 26.8 Å². The van der Waals surface area contributed by atoms with Crippen LogP contribution in [0.2, 0.25) is 0 Å². The van der Waals surface area contributed by atoms with E-state index in [0.717, 1.165) is 35.3 Å². The van der Waals surface area contributed by atoms with Crippen molar-refractivity contribution in [3.8, 4) is 5.40 Å². The number of hydrogen-bond acceptors (Lipinski definition) is 7. The molecule has 0 atom stereocenters. The van der Waals surface area contributed by atoms with Crippen molar-refractivity contribution in [2.75, 3.05) is 17.7 Å². The maximum absolute atomic E-state index is 12.3. The van der Waals surface area contributed by atoms with E-state index in [1.807, 2.05) is 35.7 Å². The zero-order chi connectivity index (χ0) is 19.6. The number of carbonyl (C=O) groups is 2. The van der Waals surface area contributed by atoms with Crippen molar-refractivity contribution in [1.82, 2.24) is 0 Å². The van der Waals surface area contributed by atoms with Gasteiger partial charge in [0.1, 0.15) is 15.3 Å². The van der Waals surface area contributed by atoms with E-state index in [2.05, 4.69) is 5.32 Å². The summed E-state index contributed by atoms with van der Waals surface area (Å²) in [6.07, 6.45) is 1.11. The van der Waals surface area contributed by atoms with Crippen LogP contribution in [-0.2, 0) is 9.53 Å². The molecule has 0 saturated heterocycles. The summed E-state index contributed by atoms with van der Waals surface area (Å²) in [7, 11) is 0. The molecule has 5 nitrogen and oxygen atoms in total. The second-order valence-corrected chi connectivity index (χ2v) is 8.43. The molecular formula is C19H20N2O3S3. The third-order valence-corrected chi connectivity index (χ3v) is 6.73. The number of nitrogens with zero attached hydrogens (tertiary/aromatic N) is 1. The Kier molecular flexibility index (Phi) is 8.72. The molecule has 8 heteroatoms. The van der Waals surface area contributed by atoms with E-state index in [1.165, 1.54) is 4.90 Å². The molecule has 0 aliphatic heterocycles. The predicted octanol–water partition coefficient (Wildman–Crippen LogP) is 5.32. The van der Waals surface area contributed by atoms with Gasteiger partial charge in [-0.3, -0.25) is 4.79 Å². The van der Waals surface area contributed by atoms with E-state index in [9.17, 15) is 9.59 Å². The number of rotatable bonds is 9. The van der Waals surface area contributed by atoms with Crippen LogP contribution in [0.5, 0.6) is 0 Å². The van der Waals surface area contributed by atoms with Crippen LogP contribution >= 0.6 is 34.9 Å². The van der Waals surface area contributed by atoms with Crippen LogP contribution < -0.4 is 5.32 Å². The van der Waals surface area contributed by atoms with Crippen LogP contribution in [0.3, 0.4) is 0 Å². The van der Waals surface area contributed by atoms with Crippen molar-refractivity contribution in [2.24, 2.45) is 0 Å². The van der Waals surface area contributed by atoms with Gasteiger partial charge in [-0.1, -0.05) is 18.2 Å². The molecule has 1 aromatic heterocycles. The van der Waals surface area contributed by atoms with Crippen molar-refractivity contribution in [2.45, 2.75) is 36.5 Å². The van der Waals surface area contributed by atoms with Gasteiger partial charge in [-0.25, -0.2) is 4.79 Å². The SMILES string of the molecule is CCOC(=O)c1sc(NC(=O)CCCSc2ccccc2)c(SC#N)c1C. The lowest BCUT2D eigenvalue weighted by atomic mass is 10.3. The second-order valence-electron chi connectivity index (χ2n) is 5.44. The van der Waals surface area contributed by atoms with Crippen LogP contribution in [0.4, 0.5) is 5.00 Å². The highest BCUT2D eigenvalue weighted by Gasteiger charge is 2.22. The lowest BCUT2D eigenvalue weighted by Gasteiger charge is -2.05. The first-order valence-electron chi connectivity index (χ1n) is 8.41. The van der Waals surface area contributed by atoms with Crippen molar-refractivity contribution in [3.63, 3.8) is 0 Å². The summed E-state index contributed by atoms with van der Waals surface area (Å²) < 4.78 is 5.05. The molecule has 1 heterocycles. The highest BCUT2D eigenvalue weighted by molar-refractivity contribution is 8.04. The van der Waals surface area contributed by atoms with Crippen molar-refractivity contribution in [1.29, 1.82) is 5.26 Å². The van der Waals surface area contributed by atoms with E-state index in [-0.39, 0.29) is 12.5 Å². The number of hydrogen-bond donors (Lipinski definition) is 1. The largest absolute Gasteiger partial charge is 0.462 e. The fourth-order valence-corrected chi connectivity index (χ4v) is 4.96. The molecule has 0 spiro atoms. The van der Waals surface area contributed by atoms with Crippen molar-refractivity contribution < 1.29 is 14.3 Å². The van der Waals surface area contributed by atoms with Gasteiger partial charge in [0.25, 0.3) is 0 Å². The molecule has 0 unspecified atom stereocenters. The maximum Gasteiger partial charge on any atom is 0.348 e. The average Bonchev–Trinajstić information content (AvgIpc) is 2.96. The molecule has 0 fully saturated rings. The number of nitriles is 1. The quantitative estimate of drug-likeness (QED) is 0.256. The molecular weight excluding hydrogens is 400 g/mol. The molecule has 0 radical (unpaired) electrons. The molecule has 0 bridgehead atoms.